The number of benzene rings is 1. The second kappa shape index (κ2) is 7.78. The number of rotatable bonds is 4. The molecular weight excluding hydrogens is 276 g/mol. The van der Waals surface area contributed by atoms with Crippen LogP contribution in [0, 0.1) is 0 Å². The lowest BCUT2D eigenvalue weighted by atomic mass is 10.1. The van der Waals surface area contributed by atoms with Crippen LogP contribution in [0.15, 0.2) is 42.0 Å². The van der Waals surface area contributed by atoms with Gasteiger partial charge in [-0.3, -0.25) is 9.59 Å². The first-order valence-corrected chi connectivity index (χ1v) is 7.82. The molecule has 1 aromatic rings. The van der Waals surface area contributed by atoms with Crippen molar-refractivity contribution in [1.82, 2.24) is 9.80 Å². The van der Waals surface area contributed by atoms with Gasteiger partial charge >= 0.3 is 0 Å². The van der Waals surface area contributed by atoms with E-state index in [2.05, 4.69) is 12.1 Å². The summed E-state index contributed by atoms with van der Waals surface area (Å²) in [5, 5.41) is 0. The summed E-state index contributed by atoms with van der Waals surface area (Å²) in [7, 11) is 0. The van der Waals surface area contributed by atoms with Crippen molar-refractivity contribution in [2.45, 2.75) is 26.7 Å². The van der Waals surface area contributed by atoms with Crippen LogP contribution in [0.2, 0.25) is 0 Å². The Balaban J connectivity index is 1.81. The molecule has 1 aromatic carbocycles. The Morgan fingerprint density at radius 2 is 1.59 bits per heavy atom. The minimum Gasteiger partial charge on any atom is -0.339 e. The number of hydrogen-bond acceptors (Lipinski definition) is 2. The van der Waals surface area contributed by atoms with E-state index in [1.807, 2.05) is 30.0 Å². The van der Waals surface area contributed by atoms with Gasteiger partial charge in [-0.2, -0.15) is 0 Å². The summed E-state index contributed by atoms with van der Waals surface area (Å²) in [6, 6.07) is 10.3. The predicted octanol–water partition coefficient (Wildman–Crippen LogP) is 2.26. The number of carbonyl (C=O) groups excluding carboxylic acids is 2. The van der Waals surface area contributed by atoms with Crippen molar-refractivity contribution in [2.75, 3.05) is 26.2 Å². The highest BCUT2D eigenvalue weighted by molar-refractivity contribution is 5.88. The lowest BCUT2D eigenvalue weighted by Crippen LogP contribution is -2.49. The number of allylic oxidation sites excluding steroid dienone is 1. The molecule has 0 aliphatic carbocycles. The second-order valence-electron chi connectivity index (χ2n) is 5.81. The molecule has 0 atom stereocenters. The minimum absolute atomic E-state index is 0.0637. The van der Waals surface area contributed by atoms with Gasteiger partial charge in [0.2, 0.25) is 11.8 Å². The molecule has 1 aliphatic rings. The van der Waals surface area contributed by atoms with Crippen LogP contribution in [0.5, 0.6) is 0 Å². The van der Waals surface area contributed by atoms with Crippen LogP contribution < -0.4 is 0 Å². The third-order valence-corrected chi connectivity index (χ3v) is 4.06. The first kappa shape index (κ1) is 16.3. The molecule has 0 N–H and O–H groups in total. The van der Waals surface area contributed by atoms with E-state index in [1.165, 1.54) is 5.56 Å². The molecule has 1 fully saturated rings. The Hall–Kier alpha value is -2.10. The monoisotopic (exact) mass is 300 g/mol. The van der Waals surface area contributed by atoms with Gasteiger partial charge in [-0.15, -0.1) is 0 Å². The molecule has 0 saturated carbocycles. The average Bonchev–Trinajstić information content (AvgIpc) is 2.54. The summed E-state index contributed by atoms with van der Waals surface area (Å²) in [6.45, 7) is 6.11. The van der Waals surface area contributed by atoms with E-state index in [0.29, 0.717) is 26.2 Å². The van der Waals surface area contributed by atoms with Gasteiger partial charge in [0.1, 0.15) is 0 Å². The Morgan fingerprint density at radius 3 is 2.18 bits per heavy atom. The van der Waals surface area contributed by atoms with Crippen molar-refractivity contribution in [1.29, 1.82) is 0 Å². The van der Waals surface area contributed by atoms with E-state index >= 15 is 0 Å². The highest BCUT2D eigenvalue weighted by Crippen LogP contribution is 2.10. The van der Waals surface area contributed by atoms with Gasteiger partial charge in [0.25, 0.3) is 0 Å². The molecule has 2 rings (SSSR count). The van der Waals surface area contributed by atoms with Gasteiger partial charge in [0, 0.05) is 39.2 Å². The first-order chi connectivity index (χ1) is 10.6. The Bertz CT molecular complexity index is 543. The summed E-state index contributed by atoms with van der Waals surface area (Å²) in [4.78, 5) is 27.1. The fourth-order valence-electron chi connectivity index (χ4n) is 2.60. The van der Waals surface area contributed by atoms with Crippen LogP contribution in [-0.4, -0.2) is 47.8 Å². The zero-order valence-electron chi connectivity index (χ0n) is 13.4. The predicted molar refractivity (Wildman–Crippen MR) is 87.4 cm³/mol. The van der Waals surface area contributed by atoms with Crippen LogP contribution in [0.3, 0.4) is 0 Å². The molecule has 0 bridgehead atoms. The van der Waals surface area contributed by atoms with Crippen molar-refractivity contribution in [3.63, 3.8) is 0 Å². The summed E-state index contributed by atoms with van der Waals surface area (Å²) < 4.78 is 0. The number of piperazine rings is 1. The standard InChI is InChI=1S/C18H24N2O2/c1-15(8-9-17-6-4-3-5-7-17)14-18(22)20-12-10-19(11-13-20)16(2)21/h3-7,14H,8-13H2,1-2H3/b15-14+. The van der Waals surface area contributed by atoms with Crippen LogP contribution in [-0.2, 0) is 16.0 Å². The van der Waals surface area contributed by atoms with Crippen LogP contribution in [0.4, 0.5) is 0 Å². The molecule has 0 spiro atoms. The van der Waals surface area contributed by atoms with E-state index in [9.17, 15) is 9.59 Å². The van der Waals surface area contributed by atoms with E-state index in [4.69, 9.17) is 0 Å². The normalized spacial score (nSPS) is 15.8. The quantitative estimate of drug-likeness (QED) is 0.800. The van der Waals surface area contributed by atoms with Crippen molar-refractivity contribution in [2.24, 2.45) is 0 Å². The maximum absolute atomic E-state index is 12.2. The van der Waals surface area contributed by atoms with Crippen molar-refractivity contribution in [3.8, 4) is 0 Å². The summed E-state index contributed by atoms with van der Waals surface area (Å²) in [6.07, 6.45) is 3.59. The molecule has 0 unspecified atom stereocenters. The molecular formula is C18H24N2O2. The number of hydrogen-bond donors (Lipinski definition) is 0. The summed E-state index contributed by atoms with van der Waals surface area (Å²) in [5.74, 6) is 0.149. The summed E-state index contributed by atoms with van der Waals surface area (Å²) >= 11 is 0. The first-order valence-electron chi connectivity index (χ1n) is 7.82. The largest absolute Gasteiger partial charge is 0.339 e. The number of nitrogens with zero attached hydrogens (tertiary/aromatic N) is 2. The second-order valence-corrected chi connectivity index (χ2v) is 5.81. The Labute approximate surface area is 132 Å². The SMILES string of the molecule is CC(=O)N1CCN(C(=O)/C=C(\C)CCc2ccccc2)CC1. The smallest absolute Gasteiger partial charge is 0.246 e. The van der Waals surface area contributed by atoms with Gasteiger partial charge in [-0.25, -0.2) is 0 Å². The van der Waals surface area contributed by atoms with E-state index in [-0.39, 0.29) is 11.8 Å². The molecule has 4 nitrogen and oxygen atoms in total. The fraction of sp³-hybridized carbons (Fsp3) is 0.444. The molecule has 118 valence electrons. The molecule has 2 amide bonds. The van der Waals surface area contributed by atoms with Gasteiger partial charge in [0.05, 0.1) is 0 Å². The van der Waals surface area contributed by atoms with Crippen molar-refractivity contribution >= 4 is 11.8 Å². The van der Waals surface area contributed by atoms with Crippen molar-refractivity contribution < 1.29 is 9.59 Å². The zero-order valence-corrected chi connectivity index (χ0v) is 13.4. The van der Waals surface area contributed by atoms with Gasteiger partial charge in [-0.05, 0) is 25.3 Å². The van der Waals surface area contributed by atoms with E-state index in [0.717, 1.165) is 18.4 Å². The van der Waals surface area contributed by atoms with Crippen LogP contribution in [0.1, 0.15) is 25.8 Å². The Kier molecular flexibility index (Phi) is 5.75. The highest BCUT2D eigenvalue weighted by Gasteiger charge is 2.21. The minimum atomic E-state index is 0.0637. The lowest BCUT2D eigenvalue weighted by Gasteiger charge is -2.33. The number of carbonyl (C=O) groups is 2. The van der Waals surface area contributed by atoms with Crippen molar-refractivity contribution in [3.05, 3.63) is 47.5 Å². The maximum Gasteiger partial charge on any atom is 0.246 e. The van der Waals surface area contributed by atoms with Crippen LogP contribution >= 0.6 is 0 Å². The maximum atomic E-state index is 12.2. The lowest BCUT2D eigenvalue weighted by molar-refractivity contribution is -0.135. The molecule has 1 saturated heterocycles. The van der Waals surface area contributed by atoms with E-state index in [1.54, 1.807) is 17.9 Å². The fourth-order valence-corrected chi connectivity index (χ4v) is 2.60. The average molecular weight is 300 g/mol. The van der Waals surface area contributed by atoms with Gasteiger partial charge in [-0.1, -0.05) is 35.9 Å². The zero-order chi connectivity index (χ0) is 15.9. The number of amides is 2. The van der Waals surface area contributed by atoms with Gasteiger partial charge < -0.3 is 9.80 Å². The molecule has 4 heteroatoms. The number of aryl methyl sites for hydroxylation is 1. The molecule has 1 heterocycles. The van der Waals surface area contributed by atoms with Gasteiger partial charge in [0.15, 0.2) is 0 Å². The Morgan fingerprint density at radius 1 is 1.00 bits per heavy atom. The molecule has 22 heavy (non-hydrogen) atoms. The molecule has 0 aromatic heterocycles. The third-order valence-electron chi connectivity index (χ3n) is 4.06. The molecule has 1 aliphatic heterocycles. The summed E-state index contributed by atoms with van der Waals surface area (Å²) in [5.41, 5.74) is 2.39. The molecule has 0 radical (unpaired) electrons. The third kappa shape index (κ3) is 4.72. The highest BCUT2D eigenvalue weighted by atomic mass is 16.2. The topological polar surface area (TPSA) is 40.6 Å². The van der Waals surface area contributed by atoms with E-state index < -0.39 is 0 Å². The van der Waals surface area contributed by atoms with Crippen LogP contribution in [0.25, 0.3) is 0 Å².